The maximum atomic E-state index is 13.4. The Morgan fingerprint density at radius 3 is 2.53 bits per heavy atom. The lowest BCUT2D eigenvalue weighted by molar-refractivity contribution is -0.138. The molecule has 0 aliphatic heterocycles. The fourth-order valence-electron chi connectivity index (χ4n) is 3.32. The van der Waals surface area contributed by atoms with Crippen LogP contribution < -0.4 is 11.4 Å². The van der Waals surface area contributed by atoms with Gasteiger partial charge < -0.3 is 10.2 Å². The molecule has 1 aromatic carbocycles. The second-order valence-electron chi connectivity index (χ2n) is 6.74. The molecule has 0 aliphatic rings. The van der Waals surface area contributed by atoms with E-state index in [9.17, 15) is 22.4 Å². The molecule has 4 rings (SSSR count). The highest BCUT2D eigenvalue weighted by Gasteiger charge is 2.34. The number of aryl methyl sites for hydroxylation is 2. The van der Waals surface area contributed by atoms with Crippen LogP contribution in [-0.2, 0) is 19.8 Å². The SMILES string of the molecule is Cc1ccc(-c2nc(N)nc3c2n(C)c(=O)n3Cc2ccc(F)cc2C(F)(F)F)o1. The van der Waals surface area contributed by atoms with Gasteiger partial charge in [0.1, 0.15) is 22.8 Å². The monoisotopic (exact) mass is 421 g/mol. The highest BCUT2D eigenvalue weighted by molar-refractivity contribution is 5.87. The van der Waals surface area contributed by atoms with Crippen LogP contribution in [0, 0.1) is 12.7 Å². The van der Waals surface area contributed by atoms with E-state index in [4.69, 9.17) is 10.2 Å². The van der Waals surface area contributed by atoms with Crippen molar-refractivity contribution < 1.29 is 22.0 Å². The van der Waals surface area contributed by atoms with E-state index in [0.717, 1.165) is 16.7 Å². The van der Waals surface area contributed by atoms with Gasteiger partial charge in [-0.05, 0) is 36.8 Å². The minimum Gasteiger partial charge on any atom is -0.460 e. The number of aromatic nitrogens is 4. The number of rotatable bonds is 3. The Labute approximate surface area is 166 Å². The van der Waals surface area contributed by atoms with Crippen molar-refractivity contribution in [1.29, 1.82) is 0 Å². The smallest absolute Gasteiger partial charge is 0.416 e. The molecule has 7 nitrogen and oxygen atoms in total. The molecule has 30 heavy (non-hydrogen) atoms. The minimum atomic E-state index is -4.80. The summed E-state index contributed by atoms with van der Waals surface area (Å²) in [7, 11) is 1.44. The molecule has 3 aromatic heterocycles. The number of nitrogens with two attached hydrogens (primary N) is 1. The third kappa shape index (κ3) is 3.21. The number of imidazole rings is 1. The first-order valence-electron chi connectivity index (χ1n) is 8.71. The second kappa shape index (κ2) is 6.71. The van der Waals surface area contributed by atoms with Gasteiger partial charge in [-0.25, -0.2) is 14.2 Å². The first-order chi connectivity index (χ1) is 14.1. The molecule has 0 radical (unpaired) electrons. The lowest BCUT2D eigenvalue weighted by Gasteiger charge is -2.13. The number of nitrogen functional groups attached to an aromatic ring is 1. The molecule has 156 valence electrons. The van der Waals surface area contributed by atoms with Crippen molar-refractivity contribution in [3.05, 3.63) is 63.5 Å². The number of benzene rings is 1. The Morgan fingerprint density at radius 1 is 1.17 bits per heavy atom. The van der Waals surface area contributed by atoms with Gasteiger partial charge in [-0.2, -0.15) is 18.2 Å². The van der Waals surface area contributed by atoms with Gasteiger partial charge in [0.2, 0.25) is 5.95 Å². The van der Waals surface area contributed by atoms with Crippen molar-refractivity contribution in [2.24, 2.45) is 7.05 Å². The van der Waals surface area contributed by atoms with E-state index < -0.39 is 29.8 Å². The van der Waals surface area contributed by atoms with Crippen LogP contribution in [0.5, 0.6) is 0 Å². The molecule has 3 heterocycles. The van der Waals surface area contributed by atoms with Crippen molar-refractivity contribution >= 4 is 17.1 Å². The molecule has 0 atom stereocenters. The molecule has 0 spiro atoms. The van der Waals surface area contributed by atoms with E-state index in [1.54, 1.807) is 19.1 Å². The van der Waals surface area contributed by atoms with Crippen molar-refractivity contribution in [3.8, 4) is 11.5 Å². The largest absolute Gasteiger partial charge is 0.460 e. The number of hydrogen-bond acceptors (Lipinski definition) is 5. The van der Waals surface area contributed by atoms with Gasteiger partial charge in [0.25, 0.3) is 0 Å². The van der Waals surface area contributed by atoms with E-state index in [1.165, 1.54) is 11.6 Å². The Morgan fingerprint density at radius 2 is 1.90 bits per heavy atom. The van der Waals surface area contributed by atoms with Crippen LogP contribution in [0.3, 0.4) is 0 Å². The number of halogens is 4. The standard InChI is InChI=1S/C19H15F4N5O2/c1-9-3-6-13(30-9)14-15-16(26-17(24)25-14)28(18(29)27(15)2)8-10-4-5-11(20)7-12(10)19(21,22)23/h3-7H,8H2,1-2H3,(H2,24,25,26). The van der Waals surface area contributed by atoms with Gasteiger partial charge >= 0.3 is 11.9 Å². The van der Waals surface area contributed by atoms with E-state index in [0.29, 0.717) is 17.6 Å². The van der Waals surface area contributed by atoms with E-state index in [2.05, 4.69) is 9.97 Å². The van der Waals surface area contributed by atoms with Crippen LogP contribution in [0.4, 0.5) is 23.5 Å². The van der Waals surface area contributed by atoms with Crippen LogP contribution in [0.25, 0.3) is 22.6 Å². The normalized spacial score (nSPS) is 12.1. The fourth-order valence-corrected chi connectivity index (χ4v) is 3.32. The average molecular weight is 421 g/mol. The molecule has 0 saturated heterocycles. The van der Waals surface area contributed by atoms with Crippen molar-refractivity contribution in [2.45, 2.75) is 19.6 Å². The number of alkyl halides is 3. The highest BCUT2D eigenvalue weighted by Crippen LogP contribution is 2.33. The van der Waals surface area contributed by atoms with Crippen molar-refractivity contribution in [2.75, 3.05) is 5.73 Å². The average Bonchev–Trinajstić information content (AvgIpc) is 3.19. The minimum absolute atomic E-state index is 0.0384. The summed E-state index contributed by atoms with van der Waals surface area (Å²) in [6, 6.07) is 5.63. The molecule has 0 amide bonds. The Balaban J connectivity index is 1.96. The summed E-state index contributed by atoms with van der Waals surface area (Å²) in [6.45, 7) is 1.24. The van der Waals surface area contributed by atoms with E-state index >= 15 is 0 Å². The maximum absolute atomic E-state index is 13.4. The number of anilines is 1. The molecular formula is C19H15F4N5O2. The molecule has 0 bridgehead atoms. The first kappa shape index (κ1) is 19.7. The van der Waals surface area contributed by atoms with E-state index in [1.807, 2.05) is 0 Å². The molecule has 4 aromatic rings. The molecule has 0 saturated carbocycles. The first-order valence-corrected chi connectivity index (χ1v) is 8.71. The van der Waals surface area contributed by atoms with Crippen LogP contribution >= 0.6 is 0 Å². The molecule has 2 N–H and O–H groups in total. The summed E-state index contributed by atoms with van der Waals surface area (Å²) < 4.78 is 61.4. The van der Waals surface area contributed by atoms with Crippen LogP contribution in [-0.4, -0.2) is 19.1 Å². The predicted molar refractivity (Wildman–Crippen MR) is 100 cm³/mol. The predicted octanol–water partition coefficient (Wildman–Crippen LogP) is 3.49. The number of nitrogens with zero attached hydrogens (tertiary/aromatic N) is 4. The zero-order valence-corrected chi connectivity index (χ0v) is 15.8. The Hall–Kier alpha value is -3.63. The third-order valence-electron chi connectivity index (χ3n) is 4.67. The van der Waals surface area contributed by atoms with Gasteiger partial charge in [0.05, 0.1) is 12.1 Å². The molecule has 11 heteroatoms. The lowest BCUT2D eigenvalue weighted by atomic mass is 10.1. The molecule has 0 aliphatic carbocycles. The summed E-state index contributed by atoms with van der Waals surface area (Å²) in [5.41, 5.74) is 4.22. The number of furan rings is 1. The summed E-state index contributed by atoms with van der Waals surface area (Å²) in [5.74, 6) is -0.280. The highest BCUT2D eigenvalue weighted by atomic mass is 19.4. The number of fused-ring (bicyclic) bond motifs is 1. The van der Waals surface area contributed by atoms with E-state index in [-0.39, 0.29) is 28.4 Å². The van der Waals surface area contributed by atoms with Crippen molar-refractivity contribution in [1.82, 2.24) is 19.1 Å². The van der Waals surface area contributed by atoms with Gasteiger partial charge in [0, 0.05) is 7.05 Å². The Bertz CT molecular complexity index is 1330. The zero-order chi connectivity index (χ0) is 21.8. The quantitative estimate of drug-likeness (QED) is 0.512. The summed E-state index contributed by atoms with van der Waals surface area (Å²) >= 11 is 0. The fraction of sp³-hybridized carbons (Fsp3) is 0.211. The Kier molecular flexibility index (Phi) is 4.40. The topological polar surface area (TPSA) is 91.9 Å². The van der Waals surface area contributed by atoms with Gasteiger partial charge in [-0.15, -0.1) is 0 Å². The van der Waals surface area contributed by atoms with Crippen LogP contribution in [0.1, 0.15) is 16.9 Å². The number of hydrogen-bond donors (Lipinski definition) is 1. The second-order valence-corrected chi connectivity index (χ2v) is 6.74. The van der Waals surface area contributed by atoms with Crippen LogP contribution in [0.2, 0.25) is 0 Å². The third-order valence-corrected chi connectivity index (χ3v) is 4.67. The molecule has 0 fully saturated rings. The summed E-state index contributed by atoms with van der Waals surface area (Å²) in [5, 5.41) is 0. The zero-order valence-electron chi connectivity index (χ0n) is 15.8. The summed E-state index contributed by atoms with van der Waals surface area (Å²) in [4.78, 5) is 21.1. The lowest BCUT2D eigenvalue weighted by Crippen LogP contribution is -2.24. The van der Waals surface area contributed by atoms with Gasteiger partial charge in [0.15, 0.2) is 11.4 Å². The van der Waals surface area contributed by atoms with Gasteiger partial charge in [-0.3, -0.25) is 9.13 Å². The molecule has 0 unspecified atom stereocenters. The van der Waals surface area contributed by atoms with Crippen molar-refractivity contribution in [3.63, 3.8) is 0 Å². The molecular weight excluding hydrogens is 406 g/mol. The maximum Gasteiger partial charge on any atom is 0.416 e. The summed E-state index contributed by atoms with van der Waals surface area (Å²) in [6.07, 6.45) is -4.80. The van der Waals surface area contributed by atoms with Crippen LogP contribution in [0.15, 0.2) is 39.5 Å². The van der Waals surface area contributed by atoms with Gasteiger partial charge in [-0.1, -0.05) is 6.07 Å².